The van der Waals surface area contributed by atoms with Crippen LogP contribution in [0.2, 0.25) is 0 Å². The van der Waals surface area contributed by atoms with Crippen molar-refractivity contribution in [3.63, 3.8) is 0 Å². The molecule has 3 aromatic rings. The van der Waals surface area contributed by atoms with Crippen molar-refractivity contribution in [2.24, 2.45) is 17.8 Å². The van der Waals surface area contributed by atoms with E-state index in [1.54, 1.807) is 62.8 Å². The SMILES string of the molecule is COC(c1ccccc1C)[C@H]1C2C=CC=CCC2[C@@](C)(OC)[C@@H](OC(=O)c2ccccc2)[C@H]1OC(=O)c1ccccc1. The van der Waals surface area contributed by atoms with E-state index in [1.165, 1.54) is 0 Å². The molecule has 6 heteroatoms. The van der Waals surface area contributed by atoms with Crippen LogP contribution < -0.4 is 0 Å². The first kappa shape index (κ1) is 29.5. The number of fused-ring (bicyclic) bond motifs is 1. The Bertz CT molecular complexity index is 1430. The van der Waals surface area contributed by atoms with Gasteiger partial charge in [0.05, 0.1) is 17.2 Å². The van der Waals surface area contributed by atoms with Crippen LogP contribution in [-0.4, -0.2) is 44.0 Å². The number of hydrogen-bond donors (Lipinski definition) is 0. The summed E-state index contributed by atoms with van der Waals surface area (Å²) in [5.74, 6) is -1.65. The van der Waals surface area contributed by atoms with Crippen molar-refractivity contribution in [2.75, 3.05) is 14.2 Å². The Balaban J connectivity index is 1.68. The number of carbonyl (C=O) groups excluding carboxylic acids is 2. The molecule has 0 aromatic heterocycles. The number of benzene rings is 3. The monoisotopic (exact) mass is 566 g/mol. The fourth-order valence-electron chi connectivity index (χ4n) is 6.65. The van der Waals surface area contributed by atoms with Crippen molar-refractivity contribution < 1.29 is 28.5 Å². The number of esters is 2. The number of allylic oxidation sites excluding steroid dienone is 4. The van der Waals surface area contributed by atoms with Crippen molar-refractivity contribution in [1.29, 1.82) is 0 Å². The Labute approximate surface area is 248 Å². The van der Waals surface area contributed by atoms with Gasteiger partial charge >= 0.3 is 11.9 Å². The third-order valence-electron chi connectivity index (χ3n) is 8.89. The van der Waals surface area contributed by atoms with E-state index in [2.05, 4.69) is 12.2 Å². The molecule has 6 nitrogen and oxygen atoms in total. The molecule has 3 unspecified atom stereocenters. The first-order valence-corrected chi connectivity index (χ1v) is 14.4. The summed E-state index contributed by atoms with van der Waals surface area (Å²) in [6.07, 6.45) is 6.70. The maximum absolute atomic E-state index is 13.7. The first-order valence-electron chi connectivity index (χ1n) is 14.4. The molecular weight excluding hydrogens is 528 g/mol. The lowest BCUT2D eigenvalue weighted by atomic mass is 9.58. The van der Waals surface area contributed by atoms with Gasteiger partial charge in [-0.25, -0.2) is 9.59 Å². The van der Waals surface area contributed by atoms with E-state index in [0.29, 0.717) is 17.5 Å². The van der Waals surface area contributed by atoms with Crippen LogP contribution in [0.25, 0.3) is 0 Å². The Hall–Kier alpha value is -4.00. The van der Waals surface area contributed by atoms with Gasteiger partial charge in [0.1, 0.15) is 11.7 Å². The number of carbonyl (C=O) groups is 2. The molecule has 2 aliphatic carbocycles. The summed E-state index contributed by atoms with van der Waals surface area (Å²) < 4.78 is 25.4. The average molecular weight is 567 g/mol. The summed E-state index contributed by atoms with van der Waals surface area (Å²) in [7, 11) is 3.31. The zero-order valence-electron chi connectivity index (χ0n) is 24.5. The molecule has 42 heavy (non-hydrogen) atoms. The molecule has 0 radical (unpaired) electrons. The van der Waals surface area contributed by atoms with Crippen LogP contribution in [0.15, 0.2) is 109 Å². The third-order valence-corrected chi connectivity index (χ3v) is 8.89. The van der Waals surface area contributed by atoms with Gasteiger partial charge in [-0.15, -0.1) is 0 Å². The number of methoxy groups -OCH3 is 2. The Morgan fingerprint density at radius 3 is 2.00 bits per heavy atom. The van der Waals surface area contributed by atoms with Crippen LogP contribution in [-0.2, 0) is 18.9 Å². The normalized spacial score (nSPS) is 27.4. The molecule has 0 aliphatic heterocycles. The Morgan fingerprint density at radius 1 is 0.810 bits per heavy atom. The van der Waals surface area contributed by atoms with Gasteiger partial charge in [-0.1, -0.05) is 85.0 Å². The quantitative estimate of drug-likeness (QED) is 0.276. The van der Waals surface area contributed by atoms with Crippen LogP contribution in [0.1, 0.15) is 51.3 Å². The minimum Gasteiger partial charge on any atom is -0.454 e. The fourth-order valence-corrected chi connectivity index (χ4v) is 6.65. The number of hydrogen-bond acceptors (Lipinski definition) is 6. The van der Waals surface area contributed by atoms with Gasteiger partial charge < -0.3 is 18.9 Å². The molecule has 0 bridgehead atoms. The molecule has 5 rings (SSSR count). The van der Waals surface area contributed by atoms with Crippen molar-refractivity contribution in [2.45, 2.75) is 44.2 Å². The molecule has 0 amide bonds. The summed E-state index contributed by atoms with van der Waals surface area (Å²) in [5, 5.41) is 0. The highest BCUT2D eigenvalue weighted by Gasteiger charge is 2.62. The summed E-state index contributed by atoms with van der Waals surface area (Å²) in [4.78, 5) is 27.4. The van der Waals surface area contributed by atoms with Crippen molar-refractivity contribution in [1.82, 2.24) is 0 Å². The summed E-state index contributed by atoms with van der Waals surface area (Å²) in [6, 6.07) is 25.8. The molecule has 2 aliphatic rings. The van der Waals surface area contributed by atoms with E-state index >= 15 is 0 Å². The van der Waals surface area contributed by atoms with Crippen LogP contribution in [0.5, 0.6) is 0 Å². The molecule has 3 aromatic carbocycles. The predicted molar refractivity (Wildman–Crippen MR) is 161 cm³/mol. The smallest absolute Gasteiger partial charge is 0.338 e. The molecule has 1 saturated carbocycles. The van der Waals surface area contributed by atoms with Crippen molar-refractivity contribution in [3.8, 4) is 0 Å². The second-order valence-electron chi connectivity index (χ2n) is 11.1. The maximum Gasteiger partial charge on any atom is 0.338 e. The lowest BCUT2D eigenvalue weighted by Crippen LogP contribution is -2.66. The maximum atomic E-state index is 13.7. The van der Waals surface area contributed by atoms with E-state index in [4.69, 9.17) is 18.9 Å². The second kappa shape index (κ2) is 12.9. The number of rotatable bonds is 8. The minimum absolute atomic E-state index is 0.107. The van der Waals surface area contributed by atoms with Gasteiger partial charge in [-0.2, -0.15) is 0 Å². The lowest BCUT2D eigenvalue weighted by Gasteiger charge is -2.55. The van der Waals surface area contributed by atoms with Gasteiger partial charge in [0.15, 0.2) is 6.10 Å². The van der Waals surface area contributed by atoms with E-state index in [0.717, 1.165) is 11.1 Å². The summed E-state index contributed by atoms with van der Waals surface area (Å²) >= 11 is 0. The van der Waals surface area contributed by atoms with E-state index in [-0.39, 0.29) is 11.8 Å². The van der Waals surface area contributed by atoms with Gasteiger partial charge in [0.25, 0.3) is 0 Å². The summed E-state index contributed by atoms with van der Waals surface area (Å²) in [6.45, 7) is 4.00. The third kappa shape index (κ3) is 5.69. The summed E-state index contributed by atoms with van der Waals surface area (Å²) in [5.41, 5.74) is 1.88. The molecule has 0 spiro atoms. The first-order chi connectivity index (χ1) is 20.4. The molecule has 1 fully saturated rings. The minimum atomic E-state index is -0.990. The molecule has 7 atom stereocenters. The topological polar surface area (TPSA) is 71.1 Å². The highest BCUT2D eigenvalue weighted by Crippen LogP contribution is 2.53. The van der Waals surface area contributed by atoms with Crippen LogP contribution in [0.3, 0.4) is 0 Å². The zero-order valence-corrected chi connectivity index (χ0v) is 24.5. The van der Waals surface area contributed by atoms with Gasteiger partial charge in [0, 0.05) is 26.1 Å². The van der Waals surface area contributed by atoms with E-state index in [1.807, 2.05) is 62.4 Å². The standard InChI is InChI=1S/C36H38O6/c1-24-16-14-15-21-27(24)31(39-3)30-28-22-12-7-13-23-29(28)36(2,40-4)33(42-35(38)26-19-10-6-11-20-26)32(30)41-34(37)25-17-8-5-9-18-25/h5-22,28-33H,23H2,1-4H3/t28?,29?,30-,31?,32+,33+,36-/m1/s1. The molecular formula is C36H38O6. The number of ether oxygens (including phenoxy) is 4. The molecule has 0 saturated heterocycles. The van der Waals surface area contributed by atoms with Crippen LogP contribution in [0, 0.1) is 24.7 Å². The predicted octanol–water partition coefficient (Wildman–Crippen LogP) is 6.92. The van der Waals surface area contributed by atoms with Crippen LogP contribution >= 0.6 is 0 Å². The number of aryl methyl sites for hydroxylation is 1. The average Bonchev–Trinajstić information content (AvgIpc) is 3.29. The lowest BCUT2D eigenvalue weighted by molar-refractivity contribution is -0.230. The molecule has 0 heterocycles. The Morgan fingerprint density at radius 2 is 1.40 bits per heavy atom. The van der Waals surface area contributed by atoms with Crippen LogP contribution in [0.4, 0.5) is 0 Å². The van der Waals surface area contributed by atoms with Gasteiger partial charge in [-0.05, 0) is 61.6 Å². The largest absolute Gasteiger partial charge is 0.454 e. The highest BCUT2D eigenvalue weighted by atomic mass is 16.6. The second-order valence-corrected chi connectivity index (χ2v) is 11.1. The van der Waals surface area contributed by atoms with E-state index in [9.17, 15) is 9.59 Å². The van der Waals surface area contributed by atoms with E-state index < -0.39 is 41.8 Å². The molecule has 0 N–H and O–H groups in total. The van der Waals surface area contributed by atoms with Gasteiger partial charge in [-0.3, -0.25) is 0 Å². The Kier molecular flexibility index (Phi) is 9.05. The molecule has 218 valence electrons. The van der Waals surface area contributed by atoms with Gasteiger partial charge in [0.2, 0.25) is 0 Å². The zero-order chi connectivity index (χ0) is 29.7. The fraction of sp³-hybridized carbons (Fsp3) is 0.333. The van der Waals surface area contributed by atoms with Crippen molar-refractivity contribution in [3.05, 3.63) is 131 Å². The van der Waals surface area contributed by atoms with Crippen molar-refractivity contribution >= 4 is 11.9 Å². The highest BCUT2D eigenvalue weighted by molar-refractivity contribution is 5.90.